The van der Waals surface area contributed by atoms with Crippen molar-refractivity contribution in [3.05, 3.63) is 59.7 Å². The maximum absolute atomic E-state index is 12.1. The Labute approximate surface area is 177 Å². The fourth-order valence-electron chi connectivity index (χ4n) is 3.30. The zero-order valence-electron chi connectivity index (χ0n) is 16.8. The van der Waals surface area contributed by atoms with Gasteiger partial charge in [0.1, 0.15) is 18.2 Å². The number of alkyl carbamates (subject to hydrolysis) is 1. The van der Waals surface area contributed by atoms with Gasteiger partial charge in [0.15, 0.2) is 0 Å². The molecule has 0 unspecified atom stereocenters. The topological polar surface area (TPSA) is 90.6 Å². The molecule has 0 saturated heterocycles. The summed E-state index contributed by atoms with van der Waals surface area (Å²) in [6.07, 6.45) is -0.610. The molecule has 0 fully saturated rings. The lowest BCUT2D eigenvalue weighted by Gasteiger charge is -2.22. The number of benzene rings is 2. The first kappa shape index (κ1) is 22.7. The summed E-state index contributed by atoms with van der Waals surface area (Å²) in [5, 5.41) is 2.53. The van der Waals surface area contributed by atoms with E-state index >= 15 is 0 Å². The van der Waals surface area contributed by atoms with Gasteiger partial charge >= 0.3 is 12.1 Å². The summed E-state index contributed by atoms with van der Waals surface area (Å²) in [5.41, 5.74) is 9.76. The van der Waals surface area contributed by atoms with Crippen LogP contribution >= 0.6 is 12.4 Å². The number of nitrogens with one attached hydrogen (secondary N) is 1. The number of fused-ring (bicyclic) bond motifs is 3. The average molecular weight is 419 g/mol. The van der Waals surface area contributed by atoms with Crippen LogP contribution in [0.1, 0.15) is 37.8 Å². The third kappa shape index (κ3) is 5.49. The zero-order valence-corrected chi connectivity index (χ0v) is 17.6. The van der Waals surface area contributed by atoms with Crippen LogP contribution in [-0.2, 0) is 14.3 Å². The van der Waals surface area contributed by atoms with Gasteiger partial charge in [0.25, 0.3) is 0 Å². The van der Waals surface area contributed by atoms with Crippen LogP contribution in [0.5, 0.6) is 0 Å². The quantitative estimate of drug-likeness (QED) is 0.724. The molecule has 0 aliphatic heterocycles. The molecule has 3 N–H and O–H groups in total. The van der Waals surface area contributed by atoms with Crippen LogP contribution in [0.15, 0.2) is 48.5 Å². The number of hydrogen-bond donors (Lipinski definition) is 2. The number of amides is 1. The highest BCUT2D eigenvalue weighted by atomic mass is 35.5. The summed E-state index contributed by atoms with van der Waals surface area (Å²) in [6, 6.07) is 15.3. The molecule has 0 bridgehead atoms. The molecule has 1 amide bonds. The Morgan fingerprint density at radius 1 is 1.03 bits per heavy atom. The SMILES string of the molecule is CC(C)(C)OC(=O)[C@@H](N)CNC(=O)OCC1c2ccccc2-c2ccccc21.Cl. The van der Waals surface area contributed by atoms with E-state index in [0.717, 1.165) is 11.1 Å². The van der Waals surface area contributed by atoms with Crippen LogP contribution in [0.25, 0.3) is 11.1 Å². The van der Waals surface area contributed by atoms with E-state index in [4.69, 9.17) is 15.2 Å². The second-order valence-corrected chi connectivity index (χ2v) is 7.85. The molecule has 0 heterocycles. The van der Waals surface area contributed by atoms with Crippen LogP contribution in [0.3, 0.4) is 0 Å². The molecule has 2 aromatic carbocycles. The highest BCUT2D eigenvalue weighted by Gasteiger charge is 2.29. The predicted molar refractivity (Wildman–Crippen MR) is 114 cm³/mol. The molecule has 6 nitrogen and oxygen atoms in total. The van der Waals surface area contributed by atoms with Crippen molar-refractivity contribution in [3.63, 3.8) is 0 Å². The van der Waals surface area contributed by atoms with E-state index < -0.39 is 23.7 Å². The van der Waals surface area contributed by atoms with E-state index in [9.17, 15) is 9.59 Å². The van der Waals surface area contributed by atoms with E-state index in [1.165, 1.54) is 11.1 Å². The molecule has 1 aliphatic carbocycles. The number of halogens is 1. The monoisotopic (exact) mass is 418 g/mol. The van der Waals surface area contributed by atoms with Gasteiger partial charge in [-0.15, -0.1) is 12.4 Å². The molecule has 3 rings (SSSR count). The Morgan fingerprint density at radius 2 is 1.55 bits per heavy atom. The second kappa shape index (κ2) is 9.29. The highest BCUT2D eigenvalue weighted by molar-refractivity contribution is 5.85. The third-order valence-corrected chi connectivity index (χ3v) is 4.52. The molecule has 0 radical (unpaired) electrons. The summed E-state index contributed by atoms with van der Waals surface area (Å²) in [6.45, 7) is 5.44. The van der Waals surface area contributed by atoms with Crippen molar-refractivity contribution >= 4 is 24.5 Å². The highest BCUT2D eigenvalue weighted by Crippen LogP contribution is 2.44. The molecule has 156 valence electrons. The number of hydrogen-bond acceptors (Lipinski definition) is 5. The first-order valence-corrected chi connectivity index (χ1v) is 9.33. The van der Waals surface area contributed by atoms with Gasteiger partial charge in [0, 0.05) is 12.5 Å². The molecule has 29 heavy (non-hydrogen) atoms. The van der Waals surface area contributed by atoms with Gasteiger partial charge in [-0.25, -0.2) is 4.79 Å². The van der Waals surface area contributed by atoms with Crippen molar-refractivity contribution in [3.8, 4) is 11.1 Å². The number of ether oxygens (including phenoxy) is 2. The van der Waals surface area contributed by atoms with Crippen LogP contribution in [-0.4, -0.2) is 36.9 Å². The summed E-state index contributed by atoms with van der Waals surface area (Å²) in [5.74, 6) is -0.580. The van der Waals surface area contributed by atoms with E-state index in [1.807, 2.05) is 24.3 Å². The minimum atomic E-state index is -0.945. The van der Waals surface area contributed by atoms with Gasteiger partial charge < -0.3 is 20.5 Å². The average Bonchev–Trinajstić information content (AvgIpc) is 2.97. The van der Waals surface area contributed by atoms with Crippen LogP contribution < -0.4 is 11.1 Å². The number of carbonyl (C=O) groups excluding carboxylic acids is 2. The normalized spacial score (nSPS) is 13.5. The first-order chi connectivity index (χ1) is 13.3. The Balaban J connectivity index is 0.00000300. The molecule has 1 atom stereocenters. The van der Waals surface area contributed by atoms with Crippen LogP contribution in [0.2, 0.25) is 0 Å². The maximum Gasteiger partial charge on any atom is 0.407 e. The lowest BCUT2D eigenvalue weighted by atomic mass is 9.98. The third-order valence-electron chi connectivity index (χ3n) is 4.52. The Kier molecular flexibility index (Phi) is 7.27. The molecule has 0 spiro atoms. The van der Waals surface area contributed by atoms with Crippen molar-refractivity contribution in [1.82, 2.24) is 5.32 Å². The summed E-state index contributed by atoms with van der Waals surface area (Å²) >= 11 is 0. The Morgan fingerprint density at radius 3 is 2.07 bits per heavy atom. The largest absolute Gasteiger partial charge is 0.459 e. The van der Waals surface area contributed by atoms with E-state index in [1.54, 1.807) is 20.8 Å². The van der Waals surface area contributed by atoms with E-state index in [-0.39, 0.29) is 31.5 Å². The van der Waals surface area contributed by atoms with Gasteiger partial charge in [-0.2, -0.15) is 0 Å². The second-order valence-electron chi connectivity index (χ2n) is 7.85. The van der Waals surface area contributed by atoms with E-state index in [0.29, 0.717) is 0 Å². The minimum Gasteiger partial charge on any atom is -0.459 e. The number of rotatable bonds is 5. The van der Waals surface area contributed by atoms with Crippen molar-refractivity contribution in [2.75, 3.05) is 13.2 Å². The lowest BCUT2D eigenvalue weighted by Crippen LogP contribution is -2.45. The van der Waals surface area contributed by atoms with Gasteiger partial charge in [-0.05, 0) is 43.0 Å². The minimum absolute atomic E-state index is 0. The summed E-state index contributed by atoms with van der Waals surface area (Å²) in [4.78, 5) is 24.0. The van der Waals surface area contributed by atoms with Crippen LogP contribution in [0, 0.1) is 0 Å². The predicted octanol–water partition coefficient (Wildman–Crippen LogP) is 3.62. The van der Waals surface area contributed by atoms with Crippen molar-refractivity contribution in [2.45, 2.75) is 38.3 Å². The van der Waals surface area contributed by atoms with Crippen molar-refractivity contribution in [2.24, 2.45) is 5.73 Å². The van der Waals surface area contributed by atoms with Crippen LogP contribution in [0.4, 0.5) is 4.79 Å². The van der Waals surface area contributed by atoms with Gasteiger partial charge in [-0.1, -0.05) is 48.5 Å². The summed E-state index contributed by atoms with van der Waals surface area (Å²) in [7, 11) is 0. The van der Waals surface area contributed by atoms with Crippen molar-refractivity contribution < 1.29 is 19.1 Å². The fraction of sp³-hybridized carbons (Fsp3) is 0.364. The molecule has 7 heteroatoms. The zero-order chi connectivity index (χ0) is 20.3. The molecule has 1 aliphatic rings. The summed E-state index contributed by atoms with van der Waals surface area (Å²) < 4.78 is 10.6. The lowest BCUT2D eigenvalue weighted by molar-refractivity contribution is -0.156. The van der Waals surface area contributed by atoms with Gasteiger partial charge in [0.05, 0.1) is 0 Å². The molecular weight excluding hydrogens is 392 g/mol. The van der Waals surface area contributed by atoms with Gasteiger partial charge in [-0.3, -0.25) is 4.79 Å². The number of esters is 1. The maximum atomic E-state index is 12.1. The Hall–Kier alpha value is -2.57. The standard InChI is InChI=1S/C22H26N2O4.ClH/c1-22(2,3)28-20(25)19(23)12-24-21(26)27-13-18-16-10-6-4-8-14(16)15-9-5-7-11-17(15)18;/h4-11,18-19H,12-13,23H2,1-3H3,(H,24,26);1H/t19-;/m0./s1. The molecular formula is C22H27ClN2O4. The molecule has 0 aromatic heterocycles. The Bertz CT molecular complexity index is 834. The van der Waals surface area contributed by atoms with Crippen molar-refractivity contribution in [1.29, 1.82) is 0 Å². The van der Waals surface area contributed by atoms with E-state index in [2.05, 4.69) is 29.6 Å². The molecule has 2 aromatic rings. The number of nitrogens with two attached hydrogens (primary N) is 1. The first-order valence-electron chi connectivity index (χ1n) is 9.33. The molecule has 0 saturated carbocycles. The number of carbonyl (C=O) groups is 2. The fourth-order valence-corrected chi connectivity index (χ4v) is 3.30. The smallest absolute Gasteiger partial charge is 0.407 e. The van der Waals surface area contributed by atoms with Gasteiger partial charge in [0.2, 0.25) is 0 Å².